The summed E-state index contributed by atoms with van der Waals surface area (Å²) in [4.78, 5) is 11.6. The molecule has 2 aromatic rings. The van der Waals surface area contributed by atoms with Crippen molar-refractivity contribution in [1.29, 1.82) is 0 Å². The van der Waals surface area contributed by atoms with Gasteiger partial charge in [0.05, 0.1) is 0 Å². The lowest BCUT2D eigenvalue weighted by atomic mass is 9.90. The highest BCUT2D eigenvalue weighted by Gasteiger charge is 2.20. The second-order valence-corrected chi connectivity index (χ2v) is 6.73. The van der Waals surface area contributed by atoms with E-state index in [1.54, 1.807) is 0 Å². The van der Waals surface area contributed by atoms with Crippen LogP contribution in [-0.4, -0.2) is 23.7 Å². The number of hydrogen-bond donors (Lipinski definition) is 2. The third kappa shape index (κ3) is 5.82. The van der Waals surface area contributed by atoms with E-state index < -0.39 is 12.0 Å². The first kappa shape index (κ1) is 18.2. The minimum Gasteiger partial charge on any atom is -0.480 e. The molecule has 0 aliphatic carbocycles. The van der Waals surface area contributed by atoms with E-state index in [9.17, 15) is 9.90 Å². The Labute approximate surface area is 144 Å². The van der Waals surface area contributed by atoms with Gasteiger partial charge in [-0.2, -0.15) is 0 Å². The van der Waals surface area contributed by atoms with Crippen LogP contribution in [0.1, 0.15) is 37.3 Å². The van der Waals surface area contributed by atoms with Crippen LogP contribution in [0.3, 0.4) is 0 Å². The largest absolute Gasteiger partial charge is 0.480 e. The number of carbonyl (C=O) groups is 1. The number of carboxylic acid groups (broad SMARTS) is 1. The van der Waals surface area contributed by atoms with Gasteiger partial charge in [-0.1, -0.05) is 74.5 Å². The first-order valence-electron chi connectivity index (χ1n) is 8.61. The molecule has 2 rings (SSSR count). The molecular weight excluding hydrogens is 298 g/mol. The highest BCUT2D eigenvalue weighted by atomic mass is 16.4. The molecule has 0 aliphatic heterocycles. The van der Waals surface area contributed by atoms with E-state index in [1.807, 2.05) is 48.5 Å². The number of rotatable bonds is 9. The van der Waals surface area contributed by atoms with Crippen LogP contribution in [0, 0.1) is 5.92 Å². The molecule has 2 aromatic carbocycles. The zero-order valence-corrected chi connectivity index (χ0v) is 14.5. The van der Waals surface area contributed by atoms with Crippen molar-refractivity contribution in [1.82, 2.24) is 5.32 Å². The van der Waals surface area contributed by atoms with Crippen molar-refractivity contribution in [3.63, 3.8) is 0 Å². The minimum atomic E-state index is -0.796. The molecule has 0 bridgehead atoms. The van der Waals surface area contributed by atoms with E-state index in [4.69, 9.17) is 0 Å². The Morgan fingerprint density at radius 3 is 2.12 bits per heavy atom. The second-order valence-electron chi connectivity index (χ2n) is 6.73. The maximum atomic E-state index is 11.6. The Balaban J connectivity index is 2.03. The van der Waals surface area contributed by atoms with Gasteiger partial charge in [0, 0.05) is 6.54 Å². The molecule has 0 saturated heterocycles. The molecule has 0 aliphatic rings. The van der Waals surface area contributed by atoms with Crippen LogP contribution in [0.5, 0.6) is 0 Å². The molecule has 1 unspecified atom stereocenters. The summed E-state index contributed by atoms with van der Waals surface area (Å²) < 4.78 is 0. The van der Waals surface area contributed by atoms with Gasteiger partial charge in [-0.05, 0) is 35.8 Å². The van der Waals surface area contributed by atoms with Crippen molar-refractivity contribution >= 4 is 5.97 Å². The standard InChI is InChI=1S/C21H27NO2/c1-16(2)13-19(18-11-7-4-8-12-18)15-22-20(21(23)24)14-17-9-5-3-6-10-17/h3-12,16,19-20,22H,13-15H2,1-2H3,(H,23,24)/t19?,20-/m1/s1. The Morgan fingerprint density at radius 1 is 1.00 bits per heavy atom. The smallest absolute Gasteiger partial charge is 0.321 e. The molecule has 2 N–H and O–H groups in total. The van der Waals surface area contributed by atoms with E-state index >= 15 is 0 Å². The van der Waals surface area contributed by atoms with Gasteiger partial charge >= 0.3 is 5.97 Å². The number of aliphatic carboxylic acids is 1. The highest BCUT2D eigenvalue weighted by Crippen LogP contribution is 2.23. The molecule has 3 heteroatoms. The normalized spacial score (nSPS) is 13.6. The number of carboxylic acids is 1. The van der Waals surface area contributed by atoms with Crippen molar-refractivity contribution in [2.24, 2.45) is 5.92 Å². The Bertz CT molecular complexity index is 610. The molecule has 128 valence electrons. The average molecular weight is 325 g/mol. The van der Waals surface area contributed by atoms with Crippen molar-refractivity contribution < 1.29 is 9.90 Å². The van der Waals surface area contributed by atoms with Crippen LogP contribution in [0.25, 0.3) is 0 Å². The fraction of sp³-hybridized carbons (Fsp3) is 0.381. The van der Waals surface area contributed by atoms with Crippen molar-refractivity contribution in [3.8, 4) is 0 Å². The molecular formula is C21H27NO2. The molecule has 0 saturated carbocycles. The lowest BCUT2D eigenvalue weighted by Gasteiger charge is -2.23. The summed E-state index contributed by atoms with van der Waals surface area (Å²) >= 11 is 0. The van der Waals surface area contributed by atoms with E-state index in [-0.39, 0.29) is 0 Å². The lowest BCUT2D eigenvalue weighted by molar-refractivity contribution is -0.139. The molecule has 0 radical (unpaired) electrons. The van der Waals surface area contributed by atoms with Gasteiger partial charge in [-0.25, -0.2) is 0 Å². The summed E-state index contributed by atoms with van der Waals surface area (Å²) in [6, 6.07) is 19.6. The summed E-state index contributed by atoms with van der Waals surface area (Å²) in [6.07, 6.45) is 1.54. The zero-order valence-electron chi connectivity index (χ0n) is 14.5. The molecule has 24 heavy (non-hydrogen) atoms. The van der Waals surface area contributed by atoms with Crippen LogP contribution >= 0.6 is 0 Å². The predicted molar refractivity (Wildman–Crippen MR) is 98.2 cm³/mol. The van der Waals surface area contributed by atoms with E-state index in [1.165, 1.54) is 5.56 Å². The molecule has 0 heterocycles. The van der Waals surface area contributed by atoms with Gasteiger partial charge in [-0.3, -0.25) is 4.79 Å². The van der Waals surface area contributed by atoms with Crippen LogP contribution in [-0.2, 0) is 11.2 Å². The maximum Gasteiger partial charge on any atom is 0.321 e. The molecule has 0 aromatic heterocycles. The van der Waals surface area contributed by atoms with Gasteiger partial charge < -0.3 is 10.4 Å². The first-order chi connectivity index (χ1) is 11.6. The third-order valence-corrected chi connectivity index (χ3v) is 4.22. The molecule has 0 amide bonds. The van der Waals surface area contributed by atoms with Gasteiger partial charge in [0.1, 0.15) is 6.04 Å². The average Bonchev–Trinajstić information content (AvgIpc) is 2.58. The Kier molecular flexibility index (Phi) is 7.01. The summed E-state index contributed by atoms with van der Waals surface area (Å²) in [7, 11) is 0. The highest BCUT2D eigenvalue weighted by molar-refractivity contribution is 5.73. The summed E-state index contributed by atoms with van der Waals surface area (Å²) in [5.74, 6) is 0.0912. The van der Waals surface area contributed by atoms with Gasteiger partial charge in [-0.15, -0.1) is 0 Å². The molecule has 0 spiro atoms. The predicted octanol–water partition coefficient (Wildman–Crippen LogP) is 4.10. The first-order valence-corrected chi connectivity index (χ1v) is 8.61. The number of hydrogen-bond acceptors (Lipinski definition) is 2. The van der Waals surface area contributed by atoms with Gasteiger partial charge in [0.15, 0.2) is 0 Å². The van der Waals surface area contributed by atoms with Crippen molar-refractivity contribution in [2.45, 2.75) is 38.6 Å². The summed E-state index contributed by atoms with van der Waals surface area (Å²) in [5, 5.41) is 12.8. The maximum absolute atomic E-state index is 11.6. The van der Waals surface area contributed by atoms with Crippen molar-refractivity contribution in [2.75, 3.05) is 6.54 Å². The van der Waals surface area contributed by atoms with Crippen LogP contribution in [0.15, 0.2) is 60.7 Å². The Hall–Kier alpha value is -2.13. The quantitative estimate of drug-likeness (QED) is 0.730. The minimum absolute atomic E-state index is 0.323. The van der Waals surface area contributed by atoms with Crippen LogP contribution in [0.4, 0.5) is 0 Å². The Morgan fingerprint density at radius 2 is 1.58 bits per heavy atom. The van der Waals surface area contributed by atoms with Crippen molar-refractivity contribution in [3.05, 3.63) is 71.8 Å². The second kappa shape index (κ2) is 9.24. The fourth-order valence-electron chi connectivity index (χ4n) is 3.01. The molecule has 3 nitrogen and oxygen atoms in total. The van der Waals surface area contributed by atoms with Crippen LogP contribution in [0.2, 0.25) is 0 Å². The third-order valence-electron chi connectivity index (χ3n) is 4.22. The van der Waals surface area contributed by atoms with Gasteiger partial charge in [0.2, 0.25) is 0 Å². The topological polar surface area (TPSA) is 49.3 Å². The fourth-order valence-corrected chi connectivity index (χ4v) is 3.01. The lowest BCUT2D eigenvalue weighted by Crippen LogP contribution is -2.40. The number of benzene rings is 2. The summed E-state index contributed by atoms with van der Waals surface area (Å²) in [5.41, 5.74) is 2.31. The van der Waals surface area contributed by atoms with E-state index in [0.717, 1.165) is 12.0 Å². The number of nitrogens with one attached hydrogen (secondary N) is 1. The zero-order chi connectivity index (χ0) is 17.4. The SMILES string of the molecule is CC(C)CC(CN[C@H](Cc1ccccc1)C(=O)O)c1ccccc1. The van der Waals surface area contributed by atoms with Gasteiger partial charge in [0.25, 0.3) is 0 Å². The van der Waals surface area contributed by atoms with E-state index in [0.29, 0.717) is 24.8 Å². The molecule has 2 atom stereocenters. The summed E-state index contributed by atoms with van der Waals surface area (Å²) in [6.45, 7) is 5.08. The molecule has 0 fully saturated rings. The van der Waals surface area contributed by atoms with Crippen LogP contribution < -0.4 is 5.32 Å². The monoisotopic (exact) mass is 325 g/mol. The van der Waals surface area contributed by atoms with E-state index in [2.05, 4.69) is 31.3 Å².